The van der Waals surface area contributed by atoms with Crippen molar-refractivity contribution in [1.29, 1.82) is 5.26 Å². The predicted octanol–water partition coefficient (Wildman–Crippen LogP) is 3.85. The Balaban J connectivity index is 2.16. The van der Waals surface area contributed by atoms with Gasteiger partial charge in [-0.05, 0) is 26.0 Å². The Morgan fingerprint density at radius 3 is 2.43 bits per heavy atom. The molecule has 1 aromatic heterocycles. The first-order valence-corrected chi connectivity index (χ1v) is 6.71. The summed E-state index contributed by atoms with van der Waals surface area (Å²) in [5, 5.41) is 15.4. The molecule has 0 atom stereocenters. The van der Waals surface area contributed by atoms with Gasteiger partial charge in [-0.25, -0.2) is 0 Å². The van der Waals surface area contributed by atoms with Gasteiger partial charge in [-0.2, -0.15) is 10.4 Å². The summed E-state index contributed by atoms with van der Waals surface area (Å²) in [7, 11) is 1.89. The molecule has 3 rings (SSSR count). The van der Waals surface area contributed by atoms with Gasteiger partial charge in [0.25, 0.3) is 0 Å². The zero-order chi connectivity index (χ0) is 15.0. The molecule has 0 saturated heterocycles. The fourth-order valence-electron chi connectivity index (χ4n) is 2.47. The summed E-state index contributed by atoms with van der Waals surface area (Å²) in [6.45, 7) is 3.90. The Kier molecular flexibility index (Phi) is 3.11. The van der Waals surface area contributed by atoms with Crippen molar-refractivity contribution >= 4 is 10.8 Å². The van der Waals surface area contributed by atoms with E-state index in [0.29, 0.717) is 5.56 Å². The Hall–Kier alpha value is -2.80. The minimum atomic E-state index is 0.651. The number of rotatable bonds is 2. The summed E-state index contributed by atoms with van der Waals surface area (Å²) >= 11 is 0. The third kappa shape index (κ3) is 2.13. The monoisotopic (exact) mass is 277 g/mol. The number of hydrogen-bond acceptors (Lipinski definition) is 3. The van der Waals surface area contributed by atoms with Crippen molar-refractivity contribution in [2.45, 2.75) is 13.8 Å². The van der Waals surface area contributed by atoms with Crippen LogP contribution in [0.3, 0.4) is 0 Å². The Morgan fingerprint density at radius 2 is 1.81 bits per heavy atom. The molecule has 0 spiro atoms. The van der Waals surface area contributed by atoms with Gasteiger partial charge in [0, 0.05) is 17.8 Å². The highest BCUT2D eigenvalue weighted by atomic mass is 16.5. The normalized spacial score (nSPS) is 10.6. The first-order valence-electron chi connectivity index (χ1n) is 6.71. The molecule has 0 aliphatic heterocycles. The molecule has 104 valence electrons. The molecule has 0 aliphatic carbocycles. The van der Waals surface area contributed by atoms with Gasteiger partial charge in [0.05, 0.1) is 17.3 Å². The maximum atomic E-state index is 9.20. The van der Waals surface area contributed by atoms with Gasteiger partial charge < -0.3 is 4.74 Å². The second-order valence-electron chi connectivity index (χ2n) is 4.99. The van der Waals surface area contributed by atoms with Crippen LogP contribution >= 0.6 is 0 Å². The summed E-state index contributed by atoms with van der Waals surface area (Å²) in [4.78, 5) is 0. The first-order chi connectivity index (χ1) is 10.1. The van der Waals surface area contributed by atoms with Gasteiger partial charge in [-0.1, -0.05) is 24.3 Å². The average Bonchev–Trinajstić information content (AvgIpc) is 2.74. The molecule has 2 aromatic carbocycles. The average molecular weight is 277 g/mol. The topological polar surface area (TPSA) is 50.8 Å². The number of hydrogen-bond donors (Lipinski definition) is 0. The quantitative estimate of drug-likeness (QED) is 0.714. The minimum Gasteiger partial charge on any atom is -0.453 e. The first kappa shape index (κ1) is 13.2. The third-order valence-electron chi connectivity index (χ3n) is 3.66. The molecule has 4 heteroatoms. The van der Waals surface area contributed by atoms with Crippen LogP contribution in [0.4, 0.5) is 0 Å². The maximum absolute atomic E-state index is 9.20. The Labute approximate surface area is 123 Å². The lowest BCUT2D eigenvalue weighted by molar-refractivity contribution is 0.479. The molecule has 0 aliphatic rings. The zero-order valence-corrected chi connectivity index (χ0v) is 12.2. The van der Waals surface area contributed by atoms with E-state index in [1.54, 1.807) is 10.7 Å². The maximum Gasteiger partial charge on any atom is 0.171 e. The van der Waals surface area contributed by atoms with Crippen LogP contribution in [0.1, 0.15) is 17.0 Å². The highest BCUT2D eigenvalue weighted by Crippen LogP contribution is 2.34. The molecule has 1 heterocycles. The second-order valence-corrected chi connectivity index (χ2v) is 4.99. The van der Waals surface area contributed by atoms with Crippen molar-refractivity contribution in [2.24, 2.45) is 7.05 Å². The van der Waals surface area contributed by atoms with Crippen LogP contribution < -0.4 is 4.74 Å². The summed E-state index contributed by atoms with van der Waals surface area (Å²) < 4.78 is 7.88. The van der Waals surface area contributed by atoms with Crippen LogP contribution in [0.25, 0.3) is 10.8 Å². The van der Waals surface area contributed by atoms with E-state index >= 15 is 0 Å². The molecule has 0 N–H and O–H groups in total. The molecular weight excluding hydrogens is 262 g/mol. The van der Waals surface area contributed by atoms with Crippen molar-refractivity contribution < 1.29 is 4.74 Å². The van der Waals surface area contributed by atoms with E-state index in [-0.39, 0.29) is 0 Å². The summed E-state index contributed by atoms with van der Waals surface area (Å²) in [6.07, 6.45) is 0. The molecule has 0 saturated carbocycles. The van der Waals surface area contributed by atoms with E-state index in [1.165, 1.54) is 0 Å². The lowest BCUT2D eigenvalue weighted by Gasteiger charge is -2.10. The van der Waals surface area contributed by atoms with Crippen LogP contribution in [0, 0.1) is 25.2 Å². The van der Waals surface area contributed by atoms with Gasteiger partial charge in [0.1, 0.15) is 11.4 Å². The van der Waals surface area contributed by atoms with E-state index in [0.717, 1.165) is 33.7 Å². The molecule has 0 unspecified atom stereocenters. The number of ether oxygens (including phenoxy) is 1. The summed E-state index contributed by atoms with van der Waals surface area (Å²) in [5.41, 5.74) is 2.47. The van der Waals surface area contributed by atoms with E-state index in [2.05, 4.69) is 11.2 Å². The molecule has 0 fully saturated rings. The fraction of sp³-hybridized carbons (Fsp3) is 0.176. The van der Waals surface area contributed by atoms with Crippen LogP contribution in [-0.2, 0) is 7.05 Å². The number of nitriles is 1. The Bertz CT molecular complexity index is 872. The van der Waals surface area contributed by atoms with Gasteiger partial charge >= 0.3 is 0 Å². The smallest absolute Gasteiger partial charge is 0.171 e. The molecular formula is C17H15N3O. The van der Waals surface area contributed by atoms with Gasteiger partial charge in [-0.15, -0.1) is 0 Å². The van der Waals surface area contributed by atoms with Crippen LogP contribution in [0.5, 0.6) is 11.5 Å². The van der Waals surface area contributed by atoms with Gasteiger partial charge in [0.2, 0.25) is 0 Å². The lowest BCUT2D eigenvalue weighted by Crippen LogP contribution is -1.93. The number of fused-ring (bicyclic) bond motifs is 1. The molecule has 0 radical (unpaired) electrons. The fourth-order valence-corrected chi connectivity index (χ4v) is 2.47. The molecule has 0 amide bonds. The van der Waals surface area contributed by atoms with Crippen molar-refractivity contribution in [1.82, 2.24) is 9.78 Å². The summed E-state index contributed by atoms with van der Waals surface area (Å²) in [6, 6.07) is 13.6. The van der Waals surface area contributed by atoms with Crippen molar-refractivity contribution in [3.63, 3.8) is 0 Å². The minimum absolute atomic E-state index is 0.651. The zero-order valence-electron chi connectivity index (χ0n) is 12.2. The number of benzene rings is 2. The third-order valence-corrected chi connectivity index (χ3v) is 3.66. The largest absolute Gasteiger partial charge is 0.453 e. The predicted molar refractivity (Wildman–Crippen MR) is 81.4 cm³/mol. The number of nitrogens with zero attached hydrogens (tertiary/aromatic N) is 3. The second kappa shape index (κ2) is 4.95. The van der Waals surface area contributed by atoms with Crippen molar-refractivity contribution in [2.75, 3.05) is 0 Å². The van der Waals surface area contributed by atoms with E-state index in [1.807, 2.05) is 51.2 Å². The van der Waals surface area contributed by atoms with Crippen molar-refractivity contribution in [3.8, 4) is 17.6 Å². The summed E-state index contributed by atoms with van der Waals surface area (Å²) in [5.74, 6) is 1.51. The Morgan fingerprint density at radius 1 is 1.10 bits per heavy atom. The lowest BCUT2D eigenvalue weighted by atomic mass is 10.0. The van der Waals surface area contributed by atoms with Gasteiger partial charge in [0.15, 0.2) is 5.75 Å². The van der Waals surface area contributed by atoms with Crippen LogP contribution in [-0.4, -0.2) is 9.78 Å². The van der Waals surface area contributed by atoms with E-state index in [9.17, 15) is 5.26 Å². The highest BCUT2D eigenvalue weighted by Gasteiger charge is 2.14. The number of aromatic nitrogens is 2. The molecule has 0 bridgehead atoms. The molecule has 3 aromatic rings. The number of aryl methyl sites for hydroxylation is 2. The van der Waals surface area contributed by atoms with E-state index in [4.69, 9.17) is 4.74 Å². The van der Waals surface area contributed by atoms with E-state index < -0.39 is 0 Å². The highest BCUT2D eigenvalue weighted by molar-refractivity contribution is 5.93. The molecule has 4 nitrogen and oxygen atoms in total. The standard InChI is InChI=1S/C17H15N3O/c1-11-17(12(2)20(3)19-11)21-16-9-8-13(10-18)14-6-4-5-7-15(14)16/h4-9H,1-3H3. The molecule has 21 heavy (non-hydrogen) atoms. The van der Waals surface area contributed by atoms with Crippen molar-refractivity contribution in [3.05, 3.63) is 53.3 Å². The van der Waals surface area contributed by atoms with Crippen LogP contribution in [0.15, 0.2) is 36.4 Å². The SMILES string of the molecule is Cc1nn(C)c(C)c1Oc1ccc(C#N)c2ccccc12. The van der Waals surface area contributed by atoms with Gasteiger partial charge in [-0.3, -0.25) is 4.68 Å². The van der Waals surface area contributed by atoms with Crippen LogP contribution in [0.2, 0.25) is 0 Å².